The first-order valence-corrected chi connectivity index (χ1v) is 7.74. The molecule has 1 N–H and O–H groups in total. The number of hydrogen-bond donors (Lipinski definition) is 1. The molecular weight excluding hydrogens is 226 g/mol. The summed E-state index contributed by atoms with van der Waals surface area (Å²) < 4.78 is 5.36. The van der Waals surface area contributed by atoms with Crippen LogP contribution < -0.4 is 5.32 Å². The summed E-state index contributed by atoms with van der Waals surface area (Å²) in [5.41, 5.74) is 0. The van der Waals surface area contributed by atoms with Crippen molar-refractivity contribution < 1.29 is 9.53 Å². The zero-order chi connectivity index (χ0) is 12.8. The maximum atomic E-state index is 12.0. The molecule has 2 fully saturated rings. The van der Waals surface area contributed by atoms with Gasteiger partial charge >= 0.3 is 5.97 Å². The second-order valence-corrected chi connectivity index (χ2v) is 5.82. The molecule has 0 aromatic heterocycles. The highest BCUT2D eigenvalue weighted by Gasteiger charge is 2.34. The number of piperidine rings is 1. The van der Waals surface area contributed by atoms with E-state index >= 15 is 0 Å². The molecule has 0 radical (unpaired) electrons. The number of carbonyl (C=O) groups is 1. The highest BCUT2D eigenvalue weighted by atomic mass is 16.5. The van der Waals surface area contributed by atoms with Gasteiger partial charge in [-0.1, -0.05) is 32.6 Å². The Morgan fingerprint density at radius 1 is 1.17 bits per heavy atom. The van der Waals surface area contributed by atoms with Gasteiger partial charge < -0.3 is 10.1 Å². The average molecular weight is 253 g/mol. The predicted molar refractivity (Wildman–Crippen MR) is 72.4 cm³/mol. The molecule has 0 aromatic carbocycles. The second kappa shape index (κ2) is 7.13. The lowest BCUT2D eigenvalue weighted by Gasteiger charge is -2.39. The van der Waals surface area contributed by atoms with Gasteiger partial charge in [0.2, 0.25) is 0 Å². The first kappa shape index (κ1) is 13.9. The SMILES string of the molecule is CCCCCOC(=O)C1CCC2CCCCC2N1. The van der Waals surface area contributed by atoms with Crippen LogP contribution in [0, 0.1) is 5.92 Å². The molecule has 3 atom stereocenters. The van der Waals surface area contributed by atoms with Crippen LogP contribution in [0.15, 0.2) is 0 Å². The summed E-state index contributed by atoms with van der Waals surface area (Å²) >= 11 is 0. The van der Waals surface area contributed by atoms with Crippen LogP contribution in [0.5, 0.6) is 0 Å². The van der Waals surface area contributed by atoms with Gasteiger partial charge in [-0.25, -0.2) is 0 Å². The van der Waals surface area contributed by atoms with E-state index in [9.17, 15) is 4.79 Å². The number of ether oxygens (including phenoxy) is 1. The van der Waals surface area contributed by atoms with Crippen molar-refractivity contribution in [3.05, 3.63) is 0 Å². The monoisotopic (exact) mass is 253 g/mol. The number of esters is 1. The Balaban J connectivity index is 1.71. The molecule has 0 bridgehead atoms. The first-order valence-electron chi connectivity index (χ1n) is 7.74. The zero-order valence-corrected chi connectivity index (χ0v) is 11.6. The van der Waals surface area contributed by atoms with Crippen molar-refractivity contribution in [2.45, 2.75) is 76.8 Å². The molecule has 104 valence electrons. The van der Waals surface area contributed by atoms with Crippen LogP contribution in [-0.2, 0) is 9.53 Å². The molecular formula is C15H27NO2. The third kappa shape index (κ3) is 3.71. The third-order valence-corrected chi connectivity index (χ3v) is 4.43. The van der Waals surface area contributed by atoms with Gasteiger partial charge in [0.25, 0.3) is 0 Å². The van der Waals surface area contributed by atoms with Crippen LogP contribution in [-0.4, -0.2) is 24.7 Å². The Kier molecular flexibility index (Phi) is 5.48. The lowest BCUT2D eigenvalue weighted by molar-refractivity contribution is -0.147. The van der Waals surface area contributed by atoms with Gasteiger partial charge in [-0.15, -0.1) is 0 Å². The molecule has 2 rings (SSSR count). The Morgan fingerprint density at radius 3 is 2.83 bits per heavy atom. The standard InChI is InChI=1S/C15H27NO2/c1-2-3-6-11-18-15(17)14-10-9-12-7-4-5-8-13(12)16-14/h12-14,16H,2-11H2,1H3. The number of carbonyl (C=O) groups excluding carboxylic acids is 1. The van der Waals surface area contributed by atoms with Crippen LogP contribution in [0.1, 0.15) is 64.7 Å². The minimum absolute atomic E-state index is 0.0184. The fourth-order valence-corrected chi connectivity index (χ4v) is 3.31. The molecule has 0 aromatic rings. The molecule has 18 heavy (non-hydrogen) atoms. The van der Waals surface area contributed by atoms with Gasteiger partial charge in [0.15, 0.2) is 0 Å². The van der Waals surface area contributed by atoms with E-state index in [1.54, 1.807) is 0 Å². The fraction of sp³-hybridized carbons (Fsp3) is 0.933. The molecule has 2 aliphatic rings. The molecule has 0 spiro atoms. The minimum Gasteiger partial charge on any atom is -0.465 e. The molecule has 3 nitrogen and oxygen atoms in total. The van der Waals surface area contributed by atoms with E-state index in [4.69, 9.17) is 4.74 Å². The Bertz CT molecular complexity index is 267. The van der Waals surface area contributed by atoms with Crippen LogP contribution in [0.3, 0.4) is 0 Å². The highest BCUT2D eigenvalue weighted by Crippen LogP contribution is 2.32. The maximum Gasteiger partial charge on any atom is 0.323 e. The molecule has 1 saturated carbocycles. The van der Waals surface area contributed by atoms with Gasteiger partial charge in [0.1, 0.15) is 6.04 Å². The summed E-state index contributed by atoms with van der Waals surface area (Å²) in [5.74, 6) is 0.790. The quantitative estimate of drug-likeness (QED) is 0.604. The van der Waals surface area contributed by atoms with Crippen molar-refractivity contribution in [2.75, 3.05) is 6.61 Å². The topological polar surface area (TPSA) is 38.3 Å². The molecule has 0 amide bonds. The zero-order valence-electron chi connectivity index (χ0n) is 11.6. The van der Waals surface area contributed by atoms with E-state index < -0.39 is 0 Å². The smallest absolute Gasteiger partial charge is 0.323 e. The van der Waals surface area contributed by atoms with Crippen LogP contribution in [0.2, 0.25) is 0 Å². The van der Waals surface area contributed by atoms with Gasteiger partial charge in [-0.05, 0) is 38.0 Å². The van der Waals surface area contributed by atoms with Gasteiger partial charge in [0, 0.05) is 6.04 Å². The van der Waals surface area contributed by atoms with Crippen molar-refractivity contribution >= 4 is 5.97 Å². The normalized spacial score (nSPS) is 31.7. The largest absolute Gasteiger partial charge is 0.465 e. The number of fused-ring (bicyclic) bond motifs is 1. The first-order chi connectivity index (χ1) is 8.81. The van der Waals surface area contributed by atoms with Crippen molar-refractivity contribution in [3.63, 3.8) is 0 Å². The molecule has 1 heterocycles. The molecule has 3 heteroatoms. The summed E-state index contributed by atoms with van der Waals surface area (Å²) in [4.78, 5) is 12.0. The van der Waals surface area contributed by atoms with Crippen LogP contribution in [0.25, 0.3) is 0 Å². The number of rotatable bonds is 5. The van der Waals surface area contributed by atoms with Crippen molar-refractivity contribution in [2.24, 2.45) is 5.92 Å². The summed E-state index contributed by atoms with van der Waals surface area (Å²) in [6.07, 6.45) is 10.8. The summed E-state index contributed by atoms with van der Waals surface area (Å²) in [6.45, 7) is 2.76. The molecule has 3 unspecified atom stereocenters. The number of hydrogen-bond acceptors (Lipinski definition) is 3. The van der Waals surface area contributed by atoms with E-state index in [0.29, 0.717) is 12.6 Å². The lowest BCUT2D eigenvalue weighted by Crippen LogP contribution is -2.52. The fourth-order valence-electron chi connectivity index (χ4n) is 3.31. The highest BCUT2D eigenvalue weighted by molar-refractivity contribution is 5.75. The van der Waals surface area contributed by atoms with Crippen LogP contribution >= 0.6 is 0 Å². The summed E-state index contributed by atoms with van der Waals surface area (Å²) in [5, 5.41) is 3.52. The number of unbranched alkanes of at least 4 members (excludes halogenated alkanes) is 2. The summed E-state index contributed by atoms with van der Waals surface area (Å²) in [6, 6.07) is 0.534. The molecule has 1 aliphatic heterocycles. The maximum absolute atomic E-state index is 12.0. The van der Waals surface area contributed by atoms with Gasteiger partial charge in [-0.3, -0.25) is 4.79 Å². The Hall–Kier alpha value is -0.570. The van der Waals surface area contributed by atoms with E-state index in [1.807, 2.05) is 0 Å². The number of nitrogens with one attached hydrogen (secondary N) is 1. The second-order valence-electron chi connectivity index (χ2n) is 5.82. The van der Waals surface area contributed by atoms with Gasteiger partial charge in [0.05, 0.1) is 6.61 Å². The molecule has 1 saturated heterocycles. The van der Waals surface area contributed by atoms with E-state index in [1.165, 1.54) is 38.5 Å². The Morgan fingerprint density at radius 2 is 2.00 bits per heavy atom. The van der Waals surface area contributed by atoms with Crippen molar-refractivity contribution in [3.8, 4) is 0 Å². The van der Waals surface area contributed by atoms with E-state index in [-0.39, 0.29) is 12.0 Å². The van der Waals surface area contributed by atoms with Gasteiger partial charge in [-0.2, -0.15) is 0 Å². The molecule has 1 aliphatic carbocycles. The van der Waals surface area contributed by atoms with Crippen LogP contribution in [0.4, 0.5) is 0 Å². The third-order valence-electron chi connectivity index (χ3n) is 4.43. The predicted octanol–water partition coefficient (Wildman–Crippen LogP) is 3.03. The summed E-state index contributed by atoms with van der Waals surface area (Å²) in [7, 11) is 0. The van der Waals surface area contributed by atoms with Crippen molar-refractivity contribution in [1.82, 2.24) is 5.32 Å². The van der Waals surface area contributed by atoms with E-state index in [2.05, 4.69) is 12.2 Å². The lowest BCUT2D eigenvalue weighted by atomic mass is 9.78. The average Bonchev–Trinajstić information content (AvgIpc) is 2.43. The minimum atomic E-state index is -0.0361. The Labute approximate surface area is 111 Å². The van der Waals surface area contributed by atoms with Crippen molar-refractivity contribution in [1.29, 1.82) is 0 Å². The van der Waals surface area contributed by atoms with E-state index in [0.717, 1.165) is 25.2 Å².